The van der Waals surface area contributed by atoms with E-state index in [4.69, 9.17) is 4.74 Å². The molecule has 0 aromatic carbocycles. The first-order valence-electron chi connectivity index (χ1n) is 3.52. The van der Waals surface area contributed by atoms with E-state index in [1.54, 1.807) is 20.8 Å². The van der Waals surface area contributed by atoms with Crippen LogP contribution in [0, 0.1) is 0 Å². The molecule has 12 heavy (non-hydrogen) atoms. The molecule has 0 aliphatic heterocycles. The summed E-state index contributed by atoms with van der Waals surface area (Å²) in [6.07, 6.45) is -0.128. The molecule has 0 rings (SSSR count). The molecule has 3 nitrogen and oxygen atoms in total. The third kappa shape index (κ3) is 10.1. The second-order valence-electron chi connectivity index (χ2n) is 3.47. The summed E-state index contributed by atoms with van der Waals surface area (Å²) in [7, 11) is 0. The molecule has 0 saturated heterocycles. The molecule has 0 aliphatic rings. The Balaban J connectivity index is 0. The van der Waals surface area contributed by atoms with Crippen LogP contribution in [-0.4, -0.2) is 46.9 Å². The predicted octanol–water partition coefficient (Wildman–Crippen LogP) is 0.926. The molecule has 0 bridgehead atoms. The van der Waals surface area contributed by atoms with Gasteiger partial charge in [-0.25, -0.2) is 0 Å². The van der Waals surface area contributed by atoms with Crippen LogP contribution in [0.2, 0.25) is 0 Å². The van der Waals surface area contributed by atoms with Crippen LogP contribution in [0.4, 0.5) is 0 Å². The quantitative estimate of drug-likeness (QED) is 0.361. The molecule has 0 unspecified atom stereocenters. The fourth-order valence-corrected chi connectivity index (χ4v) is 0.581. The zero-order valence-electron chi connectivity index (χ0n) is 8.43. The van der Waals surface area contributed by atoms with Gasteiger partial charge in [0, 0.05) is 29.6 Å². The van der Waals surface area contributed by atoms with Crippen LogP contribution in [0.5, 0.6) is 0 Å². The molecule has 0 spiro atoms. The van der Waals surface area contributed by atoms with Crippen molar-refractivity contribution in [1.29, 1.82) is 0 Å². The Kier molecular flexibility index (Phi) is 7.00. The van der Waals surface area contributed by atoms with Gasteiger partial charge in [-0.1, -0.05) is 0 Å². The molecule has 0 heterocycles. The van der Waals surface area contributed by atoms with E-state index in [-0.39, 0.29) is 41.8 Å². The first-order chi connectivity index (χ1) is 4.81. The largest absolute Gasteiger partial charge is 0.460 e. The third-order valence-corrected chi connectivity index (χ3v) is 0.813. The Bertz CT molecular complexity index is 170. The van der Waals surface area contributed by atoms with Gasteiger partial charge >= 0.3 is 5.97 Å². The zero-order chi connectivity index (χ0) is 9.07. The summed E-state index contributed by atoms with van der Waals surface area (Å²) in [5.74, 6) is -0.621. The molecule has 0 N–H and O–H groups in total. The Morgan fingerprint density at radius 3 is 1.92 bits per heavy atom. The van der Waals surface area contributed by atoms with Crippen LogP contribution in [0.1, 0.15) is 34.1 Å². The van der Waals surface area contributed by atoms with E-state index in [1.165, 1.54) is 6.92 Å². The number of rotatable bonds is 2. The Morgan fingerprint density at radius 1 is 1.25 bits per heavy atom. The number of hydrogen-bond acceptors (Lipinski definition) is 3. The number of ketones is 1. The molecule has 0 aromatic rings. The van der Waals surface area contributed by atoms with Crippen LogP contribution in [0.25, 0.3) is 0 Å². The maximum absolute atomic E-state index is 10.8. The molecule has 0 fully saturated rings. The minimum atomic E-state index is -0.494. The summed E-state index contributed by atoms with van der Waals surface area (Å²) in [4.78, 5) is 21.3. The van der Waals surface area contributed by atoms with E-state index in [9.17, 15) is 9.59 Å². The van der Waals surface area contributed by atoms with E-state index in [2.05, 4.69) is 0 Å². The van der Waals surface area contributed by atoms with Gasteiger partial charge in [0.2, 0.25) is 0 Å². The number of ether oxygens (including phenoxy) is 1. The van der Waals surface area contributed by atoms with Gasteiger partial charge in [-0.15, -0.1) is 0 Å². The third-order valence-electron chi connectivity index (χ3n) is 0.813. The SMILES string of the molecule is CC(=O)CC(=O)OC(C)(C)C.[Na]. The standard InChI is InChI=1S/C8H14O3.Na/c1-6(9)5-7(10)11-8(2,3)4;/h5H2,1-4H3;. The van der Waals surface area contributed by atoms with Crippen LogP contribution >= 0.6 is 0 Å². The number of esters is 1. The maximum Gasteiger partial charge on any atom is 0.313 e. The van der Waals surface area contributed by atoms with Crippen molar-refractivity contribution in [2.75, 3.05) is 0 Å². The van der Waals surface area contributed by atoms with Crippen molar-refractivity contribution in [3.63, 3.8) is 0 Å². The smallest absolute Gasteiger partial charge is 0.313 e. The van der Waals surface area contributed by atoms with E-state index in [0.717, 1.165) is 0 Å². The second kappa shape index (κ2) is 5.73. The summed E-state index contributed by atoms with van der Waals surface area (Å²) >= 11 is 0. The molecule has 1 radical (unpaired) electrons. The minimum absolute atomic E-state index is 0. The van der Waals surface area contributed by atoms with Crippen molar-refractivity contribution in [2.24, 2.45) is 0 Å². The molecule has 0 atom stereocenters. The summed E-state index contributed by atoms with van der Waals surface area (Å²) in [6, 6.07) is 0. The van der Waals surface area contributed by atoms with Gasteiger partial charge < -0.3 is 4.74 Å². The van der Waals surface area contributed by atoms with Gasteiger partial charge in [0.25, 0.3) is 0 Å². The fourth-order valence-electron chi connectivity index (χ4n) is 0.581. The zero-order valence-corrected chi connectivity index (χ0v) is 10.4. The minimum Gasteiger partial charge on any atom is -0.460 e. The van der Waals surface area contributed by atoms with E-state index < -0.39 is 11.6 Å². The van der Waals surface area contributed by atoms with Crippen molar-refractivity contribution in [3.05, 3.63) is 0 Å². The van der Waals surface area contributed by atoms with Crippen molar-refractivity contribution in [1.82, 2.24) is 0 Å². The van der Waals surface area contributed by atoms with Gasteiger partial charge in [-0.3, -0.25) is 9.59 Å². The molecule has 4 heteroatoms. The van der Waals surface area contributed by atoms with Crippen LogP contribution in [0.15, 0.2) is 0 Å². The summed E-state index contributed by atoms with van der Waals surface area (Å²) < 4.78 is 4.89. The second-order valence-corrected chi connectivity index (χ2v) is 3.47. The Hall–Kier alpha value is 0.140. The van der Waals surface area contributed by atoms with Crippen molar-refractivity contribution < 1.29 is 14.3 Å². The summed E-state index contributed by atoms with van der Waals surface area (Å²) in [6.45, 7) is 6.67. The van der Waals surface area contributed by atoms with Gasteiger partial charge in [-0.2, -0.15) is 0 Å². The average molecular weight is 181 g/mol. The fraction of sp³-hybridized carbons (Fsp3) is 0.750. The van der Waals surface area contributed by atoms with Crippen LogP contribution < -0.4 is 0 Å². The van der Waals surface area contributed by atoms with Crippen LogP contribution in [0.3, 0.4) is 0 Å². The molecule has 65 valence electrons. The molecule has 0 aromatic heterocycles. The first-order valence-corrected chi connectivity index (χ1v) is 3.52. The van der Waals surface area contributed by atoms with Crippen molar-refractivity contribution in [3.8, 4) is 0 Å². The molecule has 0 aliphatic carbocycles. The van der Waals surface area contributed by atoms with Crippen molar-refractivity contribution in [2.45, 2.75) is 39.7 Å². The number of hydrogen-bond donors (Lipinski definition) is 0. The van der Waals surface area contributed by atoms with Gasteiger partial charge in [0.05, 0.1) is 0 Å². The van der Waals surface area contributed by atoms with E-state index in [0.29, 0.717) is 0 Å². The van der Waals surface area contributed by atoms with Crippen LogP contribution in [-0.2, 0) is 14.3 Å². The monoisotopic (exact) mass is 181 g/mol. The predicted molar refractivity (Wildman–Crippen MR) is 46.9 cm³/mol. The number of carbonyl (C=O) groups is 2. The summed E-state index contributed by atoms with van der Waals surface area (Å²) in [5.41, 5.74) is -0.494. The van der Waals surface area contributed by atoms with E-state index in [1.807, 2.05) is 0 Å². The van der Waals surface area contributed by atoms with Crippen molar-refractivity contribution >= 4 is 41.3 Å². The molecular formula is C8H14NaO3. The normalized spacial score (nSPS) is 10.0. The molecular weight excluding hydrogens is 167 g/mol. The molecule has 0 amide bonds. The van der Waals surface area contributed by atoms with Gasteiger partial charge in [0.1, 0.15) is 17.8 Å². The number of Topliss-reactive ketones (excluding diaryl/α,β-unsaturated/α-hetero) is 1. The van der Waals surface area contributed by atoms with E-state index >= 15 is 0 Å². The topological polar surface area (TPSA) is 43.4 Å². The maximum atomic E-state index is 10.8. The number of carbonyl (C=O) groups excluding carboxylic acids is 2. The Labute approximate surface area is 95.1 Å². The Morgan fingerprint density at radius 2 is 1.67 bits per heavy atom. The molecule has 0 saturated carbocycles. The first kappa shape index (κ1) is 14.7. The van der Waals surface area contributed by atoms with Gasteiger partial charge in [-0.05, 0) is 27.7 Å². The van der Waals surface area contributed by atoms with Gasteiger partial charge in [0.15, 0.2) is 0 Å². The summed E-state index contributed by atoms with van der Waals surface area (Å²) in [5, 5.41) is 0. The average Bonchev–Trinajstić information content (AvgIpc) is 1.53.